The molecule has 0 bridgehead atoms. The summed E-state index contributed by atoms with van der Waals surface area (Å²) in [5.74, 6) is -0.103. The van der Waals surface area contributed by atoms with Crippen LogP contribution < -0.4 is 10.1 Å². The summed E-state index contributed by atoms with van der Waals surface area (Å²) < 4.78 is 5.04. The second-order valence-electron chi connectivity index (χ2n) is 3.47. The van der Waals surface area contributed by atoms with Gasteiger partial charge in [0, 0.05) is 17.5 Å². The fourth-order valence-corrected chi connectivity index (χ4v) is 1.95. The van der Waals surface area contributed by atoms with Crippen LogP contribution in [0.25, 0.3) is 0 Å². The van der Waals surface area contributed by atoms with Crippen molar-refractivity contribution in [3.8, 4) is 5.75 Å². The van der Waals surface area contributed by atoms with Gasteiger partial charge in [0.25, 0.3) is 11.6 Å². The van der Waals surface area contributed by atoms with Crippen LogP contribution in [0.4, 0.5) is 11.4 Å². The summed E-state index contributed by atoms with van der Waals surface area (Å²) >= 11 is 1.29. The summed E-state index contributed by atoms with van der Waals surface area (Å²) in [4.78, 5) is 25.9. The molecule has 1 amide bonds. The number of hydrogen-bond acceptors (Lipinski definition) is 6. The van der Waals surface area contributed by atoms with Gasteiger partial charge >= 0.3 is 0 Å². The van der Waals surface area contributed by atoms with Gasteiger partial charge in [-0.15, -0.1) is 11.3 Å². The maximum absolute atomic E-state index is 11.8. The number of hydrogen-bond donors (Lipinski definition) is 1. The van der Waals surface area contributed by atoms with Gasteiger partial charge in [-0.3, -0.25) is 14.9 Å². The number of thiazole rings is 1. The number of nitrogens with zero attached hydrogens (tertiary/aromatic N) is 2. The van der Waals surface area contributed by atoms with E-state index < -0.39 is 10.8 Å². The minimum absolute atomic E-state index is 0.130. The van der Waals surface area contributed by atoms with Crippen molar-refractivity contribution in [1.82, 2.24) is 4.98 Å². The summed E-state index contributed by atoms with van der Waals surface area (Å²) in [5.41, 5.74) is 1.88. The number of anilines is 1. The Labute approximate surface area is 112 Å². The Bertz CT molecular complexity index is 612. The zero-order chi connectivity index (χ0) is 13.8. The number of nitro benzene ring substituents is 1. The Kier molecular flexibility index (Phi) is 3.71. The van der Waals surface area contributed by atoms with Gasteiger partial charge in [0.15, 0.2) is 0 Å². The third kappa shape index (κ3) is 2.86. The fraction of sp³-hybridized carbons (Fsp3) is 0.0909. The quantitative estimate of drug-likeness (QED) is 0.684. The predicted octanol–water partition coefficient (Wildman–Crippen LogP) is 2.31. The fourth-order valence-electron chi connectivity index (χ4n) is 1.42. The van der Waals surface area contributed by atoms with E-state index in [0.717, 1.165) is 0 Å². The molecule has 0 aliphatic heterocycles. The standard InChI is InChI=1S/C11H9N3O4S/c1-18-10-3-2-7(14(16)17)4-8(10)13-11(15)9-5-19-6-12-9/h2-6H,1H3,(H,13,15). The predicted molar refractivity (Wildman–Crippen MR) is 69.7 cm³/mol. The molecule has 1 N–H and O–H groups in total. The van der Waals surface area contributed by atoms with E-state index in [2.05, 4.69) is 10.3 Å². The molecule has 0 saturated carbocycles. The van der Waals surface area contributed by atoms with Crippen LogP contribution in [0.5, 0.6) is 5.75 Å². The van der Waals surface area contributed by atoms with Gasteiger partial charge in [-0.2, -0.15) is 0 Å². The van der Waals surface area contributed by atoms with Crippen molar-refractivity contribution in [1.29, 1.82) is 0 Å². The average Bonchev–Trinajstić information content (AvgIpc) is 2.92. The van der Waals surface area contributed by atoms with E-state index in [-0.39, 0.29) is 17.1 Å². The van der Waals surface area contributed by atoms with Crippen molar-refractivity contribution in [3.05, 3.63) is 44.9 Å². The normalized spacial score (nSPS) is 9.95. The van der Waals surface area contributed by atoms with Crippen LogP contribution in [0, 0.1) is 10.1 Å². The summed E-state index contributed by atoms with van der Waals surface area (Å²) in [6, 6.07) is 3.97. The van der Waals surface area contributed by atoms with Crippen LogP contribution in [-0.4, -0.2) is 22.9 Å². The largest absolute Gasteiger partial charge is 0.495 e. The molecule has 1 heterocycles. The Morgan fingerprint density at radius 2 is 2.32 bits per heavy atom. The molecule has 19 heavy (non-hydrogen) atoms. The van der Waals surface area contributed by atoms with E-state index in [4.69, 9.17) is 4.74 Å². The van der Waals surface area contributed by atoms with Crippen LogP contribution in [0.15, 0.2) is 29.1 Å². The van der Waals surface area contributed by atoms with Gasteiger partial charge in [-0.05, 0) is 6.07 Å². The smallest absolute Gasteiger partial charge is 0.275 e. The second-order valence-corrected chi connectivity index (χ2v) is 4.19. The monoisotopic (exact) mass is 279 g/mol. The molecule has 0 saturated heterocycles. The van der Waals surface area contributed by atoms with Crippen molar-refractivity contribution in [3.63, 3.8) is 0 Å². The van der Waals surface area contributed by atoms with Crippen LogP contribution in [0.2, 0.25) is 0 Å². The SMILES string of the molecule is COc1ccc([N+](=O)[O-])cc1NC(=O)c1cscn1. The molecule has 1 aromatic heterocycles. The van der Waals surface area contributed by atoms with Gasteiger partial charge in [-0.25, -0.2) is 4.98 Å². The summed E-state index contributed by atoms with van der Waals surface area (Å²) in [6.45, 7) is 0. The van der Waals surface area contributed by atoms with Gasteiger partial charge in [0.1, 0.15) is 11.4 Å². The lowest BCUT2D eigenvalue weighted by Gasteiger charge is -2.08. The molecule has 1 aromatic carbocycles. The van der Waals surface area contributed by atoms with E-state index in [0.29, 0.717) is 5.75 Å². The first-order valence-electron chi connectivity index (χ1n) is 5.14. The van der Waals surface area contributed by atoms with Gasteiger partial charge in [0.05, 0.1) is 23.2 Å². The molecule has 98 valence electrons. The molecule has 0 spiro atoms. The Hall–Kier alpha value is -2.48. The van der Waals surface area contributed by atoms with Crippen LogP contribution in [-0.2, 0) is 0 Å². The van der Waals surface area contributed by atoms with Crippen LogP contribution in [0.1, 0.15) is 10.5 Å². The number of nitrogens with one attached hydrogen (secondary N) is 1. The van der Waals surface area contributed by atoms with E-state index in [9.17, 15) is 14.9 Å². The minimum atomic E-state index is -0.544. The highest BCUT2D eigenvalue weighted by Gasteiger charge is 2.15. The molecule has 7 nitrogen and oxygen atoms in total. The van der Waals surface area contributed by atoms with Crippen molar-refractivity contribution in [2.45, 2.75) is 0 Å². The number of ether oxygens (including phenoxy) is 1. The molecule has 0 aliphatic carbocycles. The van der Waals surface area contributed by atoms with E-state index in [1.807, 2.05) is 0 Å². The van der Waals surface area contributed by atoms with E-state index >= 15 is 0 Å². The molecule has 0 unspecified atom stereocenters. The molecule has 2 rings (SSSR count). The molecule has 0 radical (unpaired) electrons. The van der Waals surface area contributed by atoms with E-state index in [1.54, 1.807) is 5.38 Å². The lowest BCUT2D eigenvalue weighted by atomic mass is 10.2. The topological polar surface area (TPSA) is 94.4 Å². The Balaban J connectivity index is 2.30. The van der Waals surface area contributed by atoms with Crippen molar-refractivity contribution < 1.29 is 14.5 Å². The van der Waals surface area contributed by atoms with Crippen LogP contribution >= 0.6 is 11.3 Å². The third-order valence-electron chi connectivity index (χ3n) is 2.31. The van der Waals surface area contributed by atoms with Gasteiger partial charge in [-0.1, -0.05) is 0 Å². The number of carbonyl (C=O) groups excluding carboxylic acids is 1. The molecule has 0 fully saturated rings. The Morgan fingerprint density at radius 3 is 2.89 bits per heavy atom. The zero-order valence-corrected chi connectivity index (χ0v) is 10.6. The third-order valence-corrected chi connectivity index (χ3v) is 2.89. The van der Waals surface area contributed by atoms with Crippen molar-refractivity contribution in [2.24, 2.45) is 0 Å². The van der Waals surface area contributed by atoms with Crippen molar-refractivity contribution in [2.75, 3.05) is 12.4 Å². The molecule has 8 heteroatoms. The summed E-state index contributed by atoms with van der Waals surface area (Å²) in [6.07, 6.45) is 0. The molecule has 0 atom stereocenters. The number of amides is 1. The number of benzene rings is 1. The first-order valence-corrected chi connectivity index (χ1v) is 6.08. The van der Waals surface area contributed by atoms with Crippen molar-refractivity contribution >= 4 is 28.6 Å². The number of nitro groups is 1. The molecule has 0 aliphatic rings. The second kappa shape index (κ2) is 5.44. The zero-order valence-electron chi connectivity index (χ0n) is 9.82. The molecule has 2 aromatic rings. The number of aromatic nitrogens is 1. The first kappa shape index (κ1) is 13.0. The maximum atomic E-state index is 11.8. The number of carbonyl (C=O) groups is 1. The lowest BCUT2D eigenvalue weighted by molar-refractivity contribution is -0.384. The molecular formula is C11H9N3O4S. The minimum Gasteiger partial charge on any atom is -0.495 e. The van der Waals surface area contributed by atoms with Crippen LogP contribution in [0.3, 0.4) is 0 Å². The lowest BCUT2D eigenvalue weighted by Crippen LogP contribution is -2.13. The summed E-state index contributed by atoms with van der Waals surface area (Å²) in [5, 5.41) is 14.8. The summed E-state index contributed by atoms with van der Waals surface area (Å²) in [7, 11) is 1.42. The maximum Gasteiger partial charge on any atom is 0.275 e. The van der Waals surface area contributed by atoms with Gasteiger partial charge in [0.2, 0.25) is 0 Å². The van der Waals surface area contributed by atoms with E-state index in [1.165, 1.54) is 42.2 Å². The highest BCUT2D eigenvalue weighted by molar-refractivity contribution is 7.07. The number of rotatable bonds is 4. The first-order chi connectivity index (χ1) is 9.11. The number of methoxy groups -OCH3 is 1. The average molecular weight is 279 g/mol. The highest BCUT2D eigenvalue weighted by atomic mass is 32.1. The molecular weight excluding hydrogens is 270 g/mol. The highest BCUT2D eigenvalue weighted by Crippen LogP contribution is 2.29. The Morgan fingerprint density at radius 1 is 1.53 bits per heavy atom. The number of non-ortho nitro benzene ring substituents is 1. The van der Waals surface area contributed by atoms with Gasteiger partial charge < -0.3 is 10.1 Å².